The molecular formula is C27H28N6O3S. The standard InChI is InChI=1S/C27H28N6O3S/c1-27(2,3)23-15-24(31-36-23)30-25(34)28-18-6-4-17(5-7-18)20-16-33-21-9-8-19(32-10-12-35-13-11-32)14-22(21)37-26(33)29-20/h4-9,14-16H,10-13H2,1-3H3,(H2,28,30,31,34). The van der Waals surface area contributed by atoms with Gasteiger partial charge in [-0.05, 0) is 30.3 Å². The van der Waals surface area contributed by atoms with Crippen LogP contribution < -0.4 is 15.5 Å². The summed E-state index contributed by atoms with van der Waals surface area (Å²) in [7, 11) is 0. The molecule has 2 N–H and O–H groups in total. The number of nitrogens with one attached hydrogen (secondary N) is 2. The molecule has 0 bridgehead atoms. The number of ether oxygens (including phenoxy) is 1. The predicted octanol–water partition coefficient (Wildman–Crippen LogP) is 5.98. The van der Waals surface area contributed by atoms with Crippen molar-refractivity contribution in [3.63, 3.8) is 0 Å². The number of fused-ring (bicyclic) bond motifs is 3. The van der Waals surface area contributed by atoms with Crippen molar-refractivity contribution in [2.75, 3.05) is 41.8 Å². The lowest BCUT2D eigenvalue weighted by Crippen LogP contribution is -2.36. The molecule has 10 heteroatoms. The molecule has 2 amide bonds. The van der Waals surface area contributed by atoms with Crippen molar-refractivity contribution in [1.29, 1.82) is 0 Å². The number of imidazole rings is 1. The van der Waals surface area contributed by atoms with Crippen LogP contribution in [-0.2, 0) is 10.2 Å². The Morgan fingerprint density at radius 1 is 1.03 bits per heavy atom. The predicted molar refractivity (Wildman–Crippen MR) is 147 cm³/mol. The summed E-state index contributed by atoms with van der Waals surface area (Å²) in [6, 6.07) is 15.6. The van der Waals surface area contributed by atoms with E-state index in [1.54, 1.807) is 17.4 Å². The lowest BCUT2D eigenvalue weighted by atomic mass is 9.93. The molecule has 190 valence electrons. The monoisotopic (exact) mass is 516 g/mol. The van der Waals surface area contributed by atoms with Gasteiger partial charge in [-0.15, -0.1) is 0 Å². The number of carbonyl (C=O) groups excluding carboxylic acids is 1. The Hall–Kier alpha value is -3.89. The maximum atomic E-state index is 12.4. The maximum Gasteiger partial charge on any atom is 0.324 e. The zero-order valence-corrected chi connectivity index (χ0v) is 21.8. The van der Waals surface area contributed by atoms with E-state index in [4.69, 9.17) is 14.2 Å². The summed E-state index contributed by atoms with van der Waals surface area (Å²) in [5.41, 5.74) is 4.73. The maximum absolute atomic E-state index is 12.4. The van der Waals surface area contributed by atoms with Crippen LogP contribution >= 0.6 is 11.3 Å². The second-order valence-electron chi connectivity index (χ2n) is 10.1. The summed E-state index contributed by atoms with van der Waals surface area (Å²) in [6.07, 6.45) is 2.06. The molecule has 0 spiro atoms. The van der Waals surface area contributed by atoms with Crippen LogP contribution in [0.5, 0.6) is 0 Å². The summed E-state index contributed by atoms with van der Waals surface area (Å²) in [4.78, 5) is 20.6. The van der Waals surface area contributed by atoms with Gasteiger partial charge < -0.3 is 19.5 Å². The molecule has 2 aromatic carbocycles. The zero-order chi connectivity index (χ0) is 25.6. The van der Waals surface area contributed by atoms with E-state index in [1.165, 1.54) is 10.4 Å². The van der Waals surface area contributed by atoms with Crippen molar-refractivity contribution in [1.82, 2.24) is 14.5 Å². The van der Waals surface area contributed by atoms with Crippen molar-refractivity contribution in [3.8, 4) is 11.3 Å². The molecule has 9 nitrogen and oxygen atoms in total. The molecule has 37 heavy (non-hydrogen) atoms. The second-order valence-corrected chi connectivity index (χ2v) is 11.1. The Kier molecular flexibility index (Phi) is 5.85. The molecule has 1 fully saturated rings. The van der Waals surface area contributed by atoms with Crippen LogP contribution in [0.1, 0.15) is 26.5 Å². The van der Waals surface area contributed by atoms with Gasteiger partial charge in [-0.25, -0.2) is 9.78 Å². The molecule has 0 atom stereocenters. The minimum Gasteiger partial charge on any atom is -0.378 e. The van der Waals surface area contributed by atoms with E-state index in [2.05, 4.69) is 49.5 Å². The number of benzene rings is 2. The summed E-state index contributed by atoms with van der Waals surface area (Å²) < 4.78 is 14.1. The van der Waals surface area contributed by atoms with Gasteiger partial charge in [-0.1, -0.05) is 49.4 Å². The Bertz CT molecular complexity index is 1570. The number of hydrogen-bond donors (Lipinski definition) is 2. The van der Waals surface area contributed by atoms with Gasteiger partial charge >= 0.3 is 6.03 Å². The highest BCUT2D eigenvalue weighted by molar-refractivity contribution is 7.23. The highest BCUT2D eigenvalue weighted by atomic mass is 32.1. The van der Waals surface area contributed by atoms with Crippen molar-refractivity contribution >= 4 is 49.7 Å². The quantitative estimate of drug-likeness (QED) is 0.305. The van der Waals surface area contributed by atoms with Crippen LogP contribution in [0, 0.1) is 0 Å². The Morgan fingerprint density at radius 3 is 2.54 bits per heavy atom. The van der Waals surface area contributed by atoms with Gasteiger partial charge in [0.15, 0.2) is 10.8 Å². The third kappa shape index (κ3) is 4.77. The van der Waals surface area contributed by atoms with Gasteiger partial charge in [0.05, 0.1) is 29.1 Å². The molecule has 0 radical (unpaired) electrons. The average molecular weight is 517 g/mol. The molecule has 6 rings (SSSR count). The first kappa shape index (κ1) is 23.5. The van der Waals surface area contributed by atoms with E-state index in [0.29, 0.717) is 17.3 Å². The van der Waals surface area contributed by atoms with Crippen molar-refractivity contribution in [2.24, 2.45) is 0 Å². The van der Waals surface area contributed by atoms with E-state index in [1.807, 2.05) is 45.0 Å². The molecule has 1 aliphatic heterocycles. The van der Waals surface area contributed by atoms with Crippen molar-refractivity contribution < 1.29 is 14.1 Å². The van der Waals surface area contributed by atoms with Gasteiger partial charge in [0.1, 0.15) is 5.76 Å². The van der Waals surface area contributed by atoms with Crippen LogP contribution in [0.15, 0.2) is 59.3 Å². The number of nitrogens with zero attached hydrogens (tertiary/aromatic N) is 4. The number of hydrogen-bond acceptors (Lipinski definition) is 7. The number of amides is 2. The van der Waals surface area contributed by atoms with Crippen LogP contribution in [0.4, 0.5) is 22.0 Å². The molecule has 4 heterocycles. The first-order valence-corrected chi connectivity index (χ1v) is 13.1. The van der Waals surface area contributed by atoms with E-state index in [0.717, 1.165) is 48.0 Å². The SMILES string of the molecule is CC(C)(C)c1cc(NC(=O)Nc2ccc(-c3cn4c(n3)sc3cc(N5CCOCC5)ccc34)cc2)no1. The summed E-state index contributed by atoms with van der Waals surface area (Å²) in [6.45, 7) is 9.45. The Labute approximate surface area is 218 Å². The van der Waals surface area contributed by atoms with Gasteiger partial charge in [0.2, 0.25) is 0 Å². The molecule has 5 aromatic rings. The molecule has 1 aliphatic rings. The van der Waals surface area contributed by atoms with Gasteiger partial charge in [0, 0.05) is 47.7 Å². The number of rotatable bonds is 4. The van der Waals surface area contributed by atoms with E-state index < -0.39 is 0 Å². The van der Waals surface area contributed by atoms with E-state index in [9.17, 15) is 4.79 Å². The largest absolute Gasteiger partial charge is 0.378 e. The van der Waals surface area contributed by atoms with E-state index >= 15 is 0 Å². The van der Waals surface area contributed by atoms with E-state index in [-0.39, 0.29) is 11.4 Å². The summed E-state index contributed by atoms with van der Waals surface area (Å²) in [5.74, 6) is 1.08. The van der Waals surface area contributed by atoms with Crippen LogP contribution in [0.25, 0.3) is 26.4 Å². The summed E-state index contributed by atoms with van der Waals surface area (Å²) >= 11 is 1.69. The number of morpholine rings is 1. The number of anilines is 3. The first-order valence-electron chi connectivity index (χ1n) is 12.2. The van der Waals surface area contributed by atoms with Gasteiger partial charge in [-0.2, -0.15) is 0 Å². The molecule has 0 unspecified atom stereocenters. The fourth-order valence-electron chi connectivity index (χ4n) is 4.34. The Morgan fingerprint density at radius 2 is 1.81 bits per heavy atom. The molecular weight excluding hydrogens is 488 g/mol. The number of aromatic nitrogens is 3. The second kappa shape index (κ2) is 9.20. The minimum absolute atomic E-state index is 0.182. The zero-order valence-electron chi connectivity index (χ0n) is 20.9. The summed E-state index contributed by atoms with van der Waals surface area (Å²) in [5, 5.41) is 9.45. The highest BCUT2D eigenvalue weighted by Gasteiger charge is 2.20. The smallest absolute Gasteiger partial charge is 0.324 e. The first-order chi connectivity index (χ1) is 17.8. The lowest BCUT2D eigenvalue weighted by Gasteiger charge is -2.28. The van der Waals surface area contributed by atoms with Crippen LogP contribution in [0.2, 0.25) is 0 Å². The average Bonchev–Trinajstić information content (AvgIpc) is 3.59. The number of thiazole rings is 1. The number of urea groups is 1. The number of carbonyl (C=O) groups is 1. The van der Waals surface area contributed by atoms with Crippen LogP contribution in [0.3, 0.4) is 0 Å². The molecule has 0 saturated carbocycles. The third-order valence-corrected chi connectivity index (χ3v) is 7.40. The van der Waals surface area contributed by atoms with Gasteiger partial charge in [0.25, 0.3) is 0 Å². The Balaban J connectivity index is 1.15. The fraction of sp³-hybridized carbons (Fsp3) is 0.296. The third-order valence-electron chi connectivity index (χ3n) is 6.38. The van der Waals surface area contributed by atoms with Crippen molar-refractivity contribution in [2.45, 2.75) is 26.2 Å². The van der Waals surface area contributed by atoms with Crippen molar-refractivity contribution in [3.05, 3.63) is 60.5 Å². The lowest BCUT2D eigenvalue weighted by molar-refractivity contribution is 0.122. The molecule has 3 aromatic heterocycles. The molecule has 0 aliphatic carbocycles. The molecule has 1 saturated heterocycles. The highest BCUT2D eigenvalue weighted by Crippen LogP contribution is 2.33. The fourth-order valence-corrected chi connectivity index (χ4v) is 5.38. The normalized spacial score (nSPS) is 14.4. The van der Waals surface area contributed by atoms with Crippen LogP contribution in [-0.4, -0.2) is 46.9 Å². The topological polar surface area (TPSA) is 96.9 Å². The van der Waals surface area contributed by atoms with Gasteiger partial charge in [-0.3, -0.25) is 9.72 Å². The minimum atomic E-state index is -0.382.